The molecule has 4 saturated carbocycles. The minimum Gasteiger partial charge on any atom is -0.497 e. The standard InChI is InChI=1S/C34H52O5/c1-6-24-29-18-22(35)14-16-34(29,4)28-15-17-33(3)26(12-13-27(33)30(28)31(24)36)20(2)8-7-9-21-10-11-23(39-5)19-25(21)32(37)38/h10-11,19-20,22,24,26-31,35-36H,6-9,12-18H2,1-5H3,(H,37,38)/t20-,22-,24-,26-,27?,28?,29+,30?,31?,33-,34-/m1/s1. The van der Waals surface area contributed by atoms with Crippen molar-refractivity contribution >= 4 is 5.97 Å². The van der Waals surface area contributed by atoms with E-state index in [9.17, 15) is 20.1 Å². The number of hydrogen-bond acceptors (Lipinski definition) is 4. The Hall–Kier alpha value is -1.59. The lowest BCUT2D eigenvalue weighted by Gasteiger charge is -2.64. The SMILES string of the molecule is CC[C@H]1C(O)C2C3CC[C@H]([C@H](C)CCCc4ccc(OC)cc4C(=O)O)[C@@]3(C)CCC2[C@@]2(C)CC[C@@H](O)C[C@@H]12. The first kappa shape index (κ1) is 28.9. The number of hydrogen-bond donors (Lipinski definition) is 3. The number of aromatic carboxylic acids is 1. The van der Waals surface area contributed by atoms with Gasteiger partial charge in [-0.05, 0) is 128 Å². The first-order chi connectivity index (χ1) is 18.5. The van der Waals surface area contributed by atoms with Crippen molar-refractivity contribution < 1.29 is 24.9 Å². The van der Waals surface area contributed by atoms with Gasteiger partial charge in [0.15, 0.2) is 0 Å². The topological polar surface area (TPSA) is 87.0 Å². The number of carboxylic acids is 1. The number of methoxy groups -OCH3 is 1. The molecule has 0 spiro atoms. The molecule has 5 nitrogen and oxygen atoms in total. The van der Waals surface area contributed by atoms with Crippen LogP contribution in [0.1, 0.15) is 108 Å². The summed E-state index contributed by atoms with van der Waals surface area (Å²) in [6.45, 7) is 9.72. The van der Waals surface area contributed by atoms with E-state index < -0.39 is 5.97 Å². The number of benzene rings is 1. The van der Waals surface area contributed by atoms with Gasteiger partial charge in [0.2, 0.25) is 0 Å². The fourth-order valence-electron chi connectivity index (χ4n) is 10.8. The Bertz CT molecular complexity index is 1040. The molecule has 39 heavy (non-hydrogen) atoms. The minimum atomic E-state index is -0.889. The highest BCUT2D eigenvalue weighted by Gasteiger charge is 2.64. The molecule has 4 fully saturated rings. The van der Waals surface area contributed by atoms with Crippen molar-refractivity contribution in [3.8, 4) is 5.75 Å². The molecule has 3 N–H and O–H groups in total. The Labute approximate surface area is 235 Å². The maximum atomic E-state index is 11.9. The van der Waals surface area contributed by atoms with E-state index in [2.05, 4.69) is 27.7 Å². The third-order valence-electron chi connectivity index (χ3n) is 12.8. The van der Waals surface area contributed by atoms with Crippen LogP contribution in [0, 0.1) is 52.3 Å². The molecule has 0 amide bonds. The molecule has 218 valence electrons. The normalized spacial score (nSPS) is 42.2. The smallest absolute Gasteiger partial charge is 0.336 e. The maximum absolute atomic E-state index is 11.9. The van der Waals surface area contributed by atoms with E-state index in [0.29, 0.717) is 52.7 Å². The molecule has 0 heterocycles. The van der Waals surface area contributed by atoms with E-state index in [-0.39, 0.29) is 23.0 Å². The predicted octanol–water partition coefficient (Wildman–Crippen LogP) is 6.98. The highest BCUT2D eigenvalue weighted by atomic mass is 16.5. The second-order valence-corrected chi connectivity index (χ2v) is 14.3. The largest absolute Gasteiger partial charge is 0.497 e. The number of rotatable bonds is 8. The molecule has 0 saturated heterocycles. The number of ether oxygens (including phenoxy) is 1. The summed E-state index contributed by atoms with van der Waals surface area (Å²) in [5, 5.41) is 32.2. The molecule has 4 aliphatic carbocycles. The van der Waals surface area contributed by atoms with Crippen molar-refractivity contribution in [3.05, 3.63) is 29.3 Å². The average molecular weight is 541 g/mol. The van der Waals surface area contributed by atoms with E-state index in [0.717, 1.165) is 50.5 Å². The molecule has 1 aromatic rings. The Balaban J connectivity index is 1.29. The van der Waals surface area contributed by atoms with Gasteiger partial charge in [-0.15, -0.1) is 0 Å². The average Bonchev–Trinajstić information content (AvgIpc) is 3.27. The second kappa shape index (κ2) is 11.0. The lowest BCUT2D eigenvalue weighted by molar-refractivity contribution is -0.203. The first-order valence-electron chi connectivity index (χ1n) is 15.8. The lowest BCUT2D eigenvalue weighted by atomic mass is 9.41. The Morgan fingerprint density at radius 2 is 1.77 bits per heavy atom. The lowest BCUT2D eigenvalue weighted by Crippen LogP contribution is -2.62. The highest BCUT2D eigenvalue weighted by Crippen LogP contribution is 2.69. The summed E-state index contributed by atoms with van der Waals surface area (Å²) in [6.07, 6.45) is 11.3. The fourth-order valence-corrected chi connectivity index (χ4v) is 10.8. The van der Waals surface area contributed by atoms with Crippen LogP contribution in [0.25, 0.3) is 0 Å². The molecule has 11 atom stereocenters. The summed E-state index contributed by atoms with van der Waals surface area (Å²) in [6, 6.07) is 5.41. The molecule has 5 rings (SSSR count). The van der Waals surface area contributed by atoms with Gasteiger partial charge in [0, 0.05) is 0 Å². The zero-order valence-electron chi connectivity index (χ0n) is 24.9. The molecule has 0 aliphatic heterocycles. The second-order valence-electron chi connectivity index (χ2n) is 14.3. The van der Waals surface area contributed by atoms with Gasteiger partial charge < -0.3 is 20.1 Å². The molecule has 5 heteroatoms. The van der Waals surface area contributed by atoms with Crippen LogP contribution < -0.4 is 4.74 Å². The van der Waals surface area contributed by atoms with Crippen molar-refractivity contribution in [2.45, 2.75) is 111 Å². The van der Waals surface area contributed by atoms with E-state index in [1.165, 1.54) is 25.7 Å². The van der Waals surface area contributed by atoms with Gasteiger partial charge in [0.05, 0.1) is 24.9 Å². The van der Waals surface area contributed by atoms with Gasteiger partial charge in [-0.1, -0.05) is 46.6 Å². The van der Waals surface area contributed by atoms with Crippen LogP contribution in [-0.4, -0.2) is 40.6 Å². The number of aryl methyl sites for hydroxylation is 1. The van der Waals surface area contributed by atoms with E-state index >= 15 is 0 Å². The quantitative estimate of drug-likeness (QED) is 0.331. The molecular formula is C34H52O5. The van der Waals surface area contributed by atoms with Crippen molar-refractivity contribution in [1.29, 1.82) is 0 Å². The van der Waals surface area contributed by atoms with Crippen molar-refractivity contribution in [2.75, 3.05) is 7.11 Å². The van der Waals surface area contributed by atoms with Crippen LogP contribution in [0.15, 0.2) is 18.2 Å². The van der Waals surface area contributed by atoms with Crippen molar-refractivity contribution in [1.82, 2.24) is 0 Å². The number of carboxylic acid groups (broad SMARTS) is 1. The van der Waals surface area contributed by atoms with Crippen LogP contribution in [0.5, 0.6) is 5.75 Å². The molecule has 0 bridgehead atoms. The van der Waals surface area contributed by atoms with Crippen LogP contribution in [-0.2, 0) is 6.42 Å². The van der Waals surface area contributed by atoms with Gasteiger partial charge >= 0.3 is 5.97 Å². The van der Waals surface area contributed by atoms with Gasteiger partial charge in [-0.3, -0.25) is 0 Å². The number of fused-ring (bicyclic) bond motifs is 5. The number of aliphatic hydroxyl groups excluding tert-OH is 2. The van der Waals surface area contributed by atoms with Gasteiger partial charge in [-0.25, -0.2) is 4.79 Å². The van der Waals surface area contributed by atoms with Crippen LogP contribution in [0.4, 0.5) is 0 Å². The number of carbonyl (C=O) groups is 1. The third-order valence-corrected chi connectivity index (χ3v) is 12.8. The van der Waals surface area contributed by atoms with Crippen molar-refractivity contribution in [3.63, 3.8) is 0 Å². The summed E-state index contributed by atoms with van der Waals surface area (Å²) < 4.78 is 5.24. The summed E-state index contributed by atoms with van der Waals surface area (Å²) >= 11 is 0. The van der Waals surface area contributed by atoms with E-state index in [1.807, 2.05) is 12.1 Å². The molecule has 0 radical (unpaired) electrons. The Morgan fingerprint density at radius 1 is 1.05 bits per heavy atom. The van der Waals surface area contributed by atoms with Crippen molar-refractivity contribution in [2.24, 2.45) is 52.3 Å². The van der Waals surface area contributed by atoms with Gasteiger partial charge in [0.25, 0.3) is 0 Å². The molecular weight excluding hydrogens is 488 g/mol. The predicted molar refractivity (Wildman–Crippen MR) is 154 cm³/mol. The van der Waals surface area contributed by atoms with Gasteiger partial charge in [0.1, 0.15) is 5.75 Å². The molecule has 0 aromatic heterocycles. The zero-order chi connectivity index (χ0) is 28.1. The first-order valence-corrected chi connectivity index (χ1v) is 15.8. The van der Waals surface area contributed by atoms with E-state index in [1.54, 1.807) is 13.2 Å². The summed E-state index contributed by atoms with van der Waals surface area (Å²) in [5.41, 5.74) is 1.76. The van der Waals surface area contributed by atoms with Crippen LogP contribution in [0.2, 0.25) is 0 Å². The molecule has 4 aliphatic rings. The Morgan fingerprint density at radius 3 is 2.46 bits per heavy atom. The highest BCUT2D eigenvalue weighted by molar-refractivity contribution is 5.89. The minimum absolute atomic E-state index is 0.198. The summed E-state index contributed by atoms with van der Waals surface area (Å²) in [4.78, 5) is 11.8. The summed E-state index contributed by atoms with van der Waals surface area (Å²) in [5.74, 6) is 3.23. The monoisotopic (exact) mass is 540 g/mol. The maximum Gasteiger partial charge on any atom is 0.336 e. The Kier molecular flexibility index (Phi) is 8.16. The zero-order valence-corrected chi connectivity index (χ0v) is 24.9. The third kappa shape index (κ3) is 4.84. The van der Waals surface area contributed by atoms with Crippen LogP contribution >= 0.6 is 0 Å². The molecule has 4 unspecified atom stereocenters. The fraction of sp³-hybridized carbons (Fsp3) is 0.794. The summed E-state index contributed by atoms with van der Waals surface area (Å²) in [7, 11) is 1.57. The number of aliphatic hydroxyl groups is 2. The van der Waals surface area contributed by atoms with Crippen LogP contribution in [0.3, 0.4) is 0 Å². The molecule has 1 aromatic carbocycles. The van der Waals surface area contributed by atoms with E-state index in [4.69, 9.17) is 4.74 Å². The van der Waals surface area contributed by atoms with Gasteiger partial charge in [-0.2, -0.15) is 0 Å².